The van der Waals surface area contributed by atoms with E-state index in [2.05, 4.69) is 0 Å². The van der Waals surface area contributed by atoms with Gasteiger partial charge in [0.1, 0.15) is 0 Å². The van der Waals surface area contributed by atoms with Crippen LogP contribution in [0, 0.1) is 0 Å². The maximum Gasteiger partial charge on any atom is 0.218 e. The van der Waals surface area contributed by atoms with Crippen molar-refractivity contribution in [2.45, 2.75) is 26.7 Å². The molecule has 0 aromatic carbocycles. The third-order valence-electron chi connectivity index (χ3n) is 1.32. The first-order valence-electron chi connectivity index (χ1n) is 3.39. The molecule has 4 nitrogen and oxygen atoms in total. The Balaban J connectivity index is 5.38. The van der Waals surface area contributed by atoms with Crippen LogP contribution in [0.3, 0.4) is 0 Å². The van der Waals surface area contributed by atoms with Gasteiger partial charge in [-0.3, -0.25) is 0 Å². The van der Waals surface area contributed by atoms with Crippen molar-refractivity contribution >= 4 is 30.3 Å². The van der Waals surface area contributed by atoms with E-state index in [0.717, 1.165) is 0 Å². The first-order valence-corrected chi connectivity index (χ1v) is 5.54. The minimum Gasteiger partial charge on any atom is -0.184 e. The molecule has 0 saturated carbocycles. The molecule has 0 fully saturated rings. The molecule has 12 heavy (non-hydrogen) atoms. The number of hydrogen-bond acceptors (Lipinski definition) is 4. The molecule has 0 aliphatic rings. The zero-order chi connectivity index (χ0) is 9.72. The van der Waals surface area contributed by atoms with Crippen LogP contribution in [0.15, 0.2) is 0 Å². The third-order valence-corrected chi connectivity index (χ3v) is 3.11. The summed E-state index contributed by atoms with van der Waals surface area (Å²) >= 11 is 0. The van der Waals surface area contributed by atoms with Crippen LogP contribution in [-0.2, 0) is 20.6 Å². The van der Waals surface area contributed by atoms with Crippen LogP contribution in [0.2, 0.25) is 0 Å². The molecule has 0 radical (unpaired) electrons. The molecule has 70 valence electrons. The summed E-state index contributed by atoms with van der Waals surface area (Å²) in [6.07, 6.45) is 0.883. The first-order chi connectivity index (χ1) is 5.50. The molecule has 0 spiro atoms. The molecule has 0 unspecified atom stereocenters. The summed E-state index contributed by atoms with van der Waals surface area (Å²) in [7, 11) is -4.84. The molecule has 0 heterocycles. The van der Waals surface area contributed by atoms with Gasteiger partial charge in [0, 0.05) is 0 Å². The summed E-state index contributed by atoms with van der Waals surface area (Å²) in [4.78, 5) is -0.115. The Labute approximate surface area is 74.3 Å². The predicted octanol–water partition coefficient (Wildman–Crippen LogP) is -0.0906. The maximum atomic E-state index is 10.5. The molecule has 0 rings (SSSR count). The largest absolute Gasteiger partial charge is 0.218 e. The summed E-state index contributed by atoms with van der Waals surface area (Å²) in [6, 6.07) is 0. The van der Waals surface area contributed by atoms with E-state index >= 15 is 0 Å². The highest BCUT2D eigenvalue weighted by molar-refractivity contribution is 7.82. The van der Waals surface area contributed by atoms with Crippen LogP contribution < -0.4 is 0 Å². The Morgan fingerprint density at radius 1 is 1.08 bits per heavy atom. The topological polar surface area (TPSA) is 68.3 Å². The van der Waals surface area contributed by atoms with Crippen LogP contribution in [0.1, 0.15) is 26.7 Å². The molecule has 0 saturated heterocycles. The zero-order valence-corrected chi connectivity index (χ0v) is 8.50. The second-order valence-corrected chi connectivity index (χ2v) is 4.24. The molecule has 0 atom stereocenters. The van der Waals surface area contributed by atoms with Crippen molar-refractivity contribution in [2.24, 2.45) is 0 Å². The number of rotatable bonds is 3. The van der Waals surface area contributed by atoms with E-state index in [0.29, 0.717) is 6.42 Å². The average Bonchev–Trinajstić information content (AvgIpc) is 1.98. The average molecular weight is 210 g/mol. The van der Waals surface area contributed by atoms with Crippen molar-refractivity contribution in [3.8, 4) is 0 Å². The molecular weight excluding hydrogens is 200 g/mol. The zero-order valence-electron chi connectivity index (χ0n) is 6.86. The van der Waals surface area contributed by atoms with E-state index < -0.39 is 20.6 Å². The molecule has 0 aliphatic heterocycles. The van der Waals surface area contributed by atoms with Gasteiger partial charge in [0.05, 0.1) is 9.73 Å². The van der Waals surface area contributed by atoms with Crippen molar-refractivity contribution in [1.82, 2.24) is 0 Å². The lowest BCUT2D eigenvalue weighted by Crippen LogP contribution is -2.12. The summed E-state index contributed by atoms with van der Waals surface area (Å²) in [6.45, 7) is 3.07. The fourth-order valence-corrected chi connectivity index (χ4v) is 2.00. The lowest BCUT2D eigenvalue weighted by atomic mass is 10.2. The van der Waals surface area contributed by atoms with Gasteiger partial charge in [-0.05, 0) is 13.3 Å². The third kappa shape index (κ3) is 3.19. The van der Waals surface area contributed by atoms with Gasteiger partial charge in [0.15, 0.2) is 0 Å². The van der Waals surface area contributed by atoms with Gasteiger partial charge in [0.2, 0.25) is 20.6 Å². The summed E-state index contributed by atoms with van der Waals surface area (Å²) in [5, 5.41) is 0. The SMILES string of the molecule is CCCC(C(C)=S(=O)=O)=S(=O)=O. The predicted molar refractivity (Wildman–Crippen MR) is 48.4 cm³/mol. The van der Waals surface area contributed by atoms with Gasteiger partial charge in [0.25, 0.3) is 0 Å². The normalized spacial score (nSPS) is 9.17. The molecule has 0 aliphatic carbocycles. The summed E-state index contributed by atoms with van der Waals surface area (Å²) in [5.41, 5.74) is 0. The molecule has 0 aromatic heterocycles. The van der Waals surface area contributed by atoms with Gasteiger partial charge in [-0.2, -0.15) is 16.8 Å². The van der Waals surface area contributed by atoms with Gasteiger partial charge in [-0.15, -0.1) is 0 Å². The Morgan fingerprint density at radius 3 is 1.83 bits per heavy atom. The van der Waals surface area contributed by atoms with Crippen LogP contribution in [-0.4, -0.2) is 26.6 Å². The van der Waals surface area contributed by atoms with Gasteiger partial charge >= 0.3 is 0 Å². The van der Waals surface area contributed by atoms with Crippen LogP contribution >= 0.6 is 0 Å². The standard InChI is InChI=1S/C6H10O4S2/c1-3-4-6(12(9)10)5(2)11(7)8/h3-4H2,1-2H3. The molecular formula is C6H10O4S2. The summed E-state index contributed by atoms with van der Waals surface area (Å²) < 4.78 is 41.8. The lowest BCUT2D eigenvalue weighted by molar-refractivity contribution is 0.624. The molecule has 0 bridgehead atoms. The van der Waals surface area contributed by atoms with Crippen molar-refractivity contribution in [3.63, 3.8) is 0 Å². The van der Waals surface area contributed by atoms with Crippen LogP contribution in [0.5, 0.6) is 0 Å². The van der Waals surface area contributed by atoms with Crippen molar-refractivity contribution in [3.05, 3.63) is 0 Å². The fraction of sp³-hybridized carbons (Fsp3) is 0.667. The molecule has 0 N–H and O–H groups in total. The van der Waals surface area contributed by atoms with Crippen molar-refractivity contribution < 1.29 is 16.8 Å². The Morgan fingerprint density at radius 2 is 1.58 bits per heavy atom. The highest BCUT2D eigenvalue weighted by Gasteiger charge is 2.05. The highest BCUT2D eigenvalue weighted by atomic mass is 32.2. The van der Waals surface area contributed by atoms with E-state index in [4.69, 9.17) is 0 Å². The van der Waals surface area contributed by atoms with E-state index in [1.54, 1.807) is 6.92 Å². The lowest BCUT2D eigenvalue weighted by Gasteiger charge is -1.93. The molecule has 6 heteroatoms. The molecule has 0 aromatic rings. The van der Waals surface area contributed by atoms with Crippen molar-refractivity contribution in [1.29, 1.82) is 0 Å². The Kier molecular flexibility index (Phi) is 4.84. The van der Waals surface area contributed by atoms with Gasteiger partial charge < -0.3 is 0 Å². The monoisotopic (exact) mass is 210 g/mol. The Bertz CT molecular complexity index is 394. The smallest absolute Gasteiger partial charge is 0.184 e. The number of hydrogen-bond donors (Lipinski definition) is 0. The van der Waals surface area contributed by atoms with E-state index in [-0.39, 0.29) is 16.1 Å². The second-order valence-electron chi connectivity index (χ2n) is 2.20. The quantitative estimate of drug-likeness (QED) is 0.610. The minimum atomic E-state index is -2.43. The van der Waals surface area contributed by atoms with Crippen LogP contribution in [0.25, 0.3) is 0 Å². The van der Waals surface area contributed by atoms with Gasteiger partial charge in [-0.1, -0.05) is 13.3 Å². The Hall–Kier alpha value is -0.620. The van der Waals surface area contributed by atoms with Gasteiger partial charge in [-0.25, -0.2) is 0 Å². The first kappa shape index (κ1) is 11.4. The second kappa shape index (κ2) is 5.10. The molecule has 0 amide bonds. The van der Waals surface area contributed by atoms with Crippen LogP contribution in [0.4, 0.5) is 0 Å². The fourth-order valence-electron chi connectivity index (χ4n) is 0.697. The van der Waals surface area contributed by atoms with E-state index in [1.165, 1.54) is 6.92 Å². The summed E-state index contributed by atoms with van der Waals surface area (Å²) in [5.74, 6) is 0. The van der Waals surface area contributed by atoms with Crippen molar-refractivity contribution in [2.75, 3.05) is 0 Å². The highest BCUT2D eigenvalue weighted by Crippen LogP contribution is 1.92. The maximum absolute atomic E-state index is 10.5. The van der Waals surface area contributed by atoms with E-state index in [1.807, 2.05) is 0 Å². The van der Waals surface area contributed by atoms with E-state index in [9.17, 15) is 16.8 Å². The minimum absolute atomic E-state index is 0.0224.